The number of anilines is 1. The molecule has 0 aliphatic heterocycles. The van der Waals surface area contributed by atoms with Gasteiger partial charge in [-0.2, -0.15) is 10.1 Å². The Bertz CT molecular complexity index is 1430. The van der Waals surface area contributed by atoms with Crippen LogP contribution in [0.25, 0.3) is 11.2 Å². The van der Waals surface area contributed by atoms with Crippen LogP contribution >= 0.6 is 23.7 Å². The molecular weight excluding hydrogens is 571 g/mol. The first-order valence-corrected chi connectivity index (χ1v) is 13.5. The van der Waals surface area contributed by atoms with Crippen LogP contribution in [-0.4, -0.2) is 56.5 Å². The van der Waals surface area contributed by atoms with Crippen LogP contribution in [0.4, 0.5) is 5.95 Å². The zero-order valence-corrected chi connectivity index (χ0v) is 22.4. The third-order valence-electron chi connectivity index (χ3n) is 5.99. The van der Waals surface area contributed by atoms with E-state index in [-0.39, 0.29) is 35.9 Å². The number of hydrogen-bond acceptors (Lipinski definition) is 10. The summed E-state index contributed by atoms with van der Waals surface area (Å²) < 4.78 is 32.1. The highest BCUT2D eigenvalue weighted by Crippen LogP contribution is 2.48. The molecule has 4 rings (SSSR count). The fourth-order valence-electron chi connectivity index (χ4n) is 4.09. The Morgan fingerprint density at radius 3 is 2.81 bits per heavy atom. The van der Waals surface area contributed by atoms with Gasteiger partial charge in [0, 0.05) is 10.4 Å². The number of hydrogen-bond donors (Lipinski definition) is 4. The summed E-state index contributed by atoms with van der Waals surface area (Å²) in [6.45, 7) is 5.32. The second-order valence-corrected chi connectivity index (χ2v) is 11.1. The van der Waals surface area contributed by atoms with E-state index in [4.69, 9.17) is 19.5 Å². The number of carbonyl (C=O) groups is 1. The SMILES string of the molecule is C=C1[C@H](CO[P@@](=O)(NC(C)C(=O)OC)Oc2ccc(Br)cc2)[C@@H](O)C[C@@H]1n1cnc2c(=O)[nH]c(N)nc21. The third-order valence-corrected chi connectivity index (χ3v) is 8.16. The van der Waals surface area contributed by atoms with Gasteiger partial charge < -0.3 is 24.7 Å². The Hall–Kier alpha value is -3.03. The lowest BCUT2D eigenvalue weighted by Crippen LogP contribution is -2.35. The number of halogens is 1. The predicted molar refractivity (Wildman–Crippen MR) is 138 cm³/mol. The second-order valence-electron chi connectivity index (χ2n) is 8.49. The van der Waals surface area contributed by atoms with E-state index in [2.05, 4.69) is 42.5 Å². The van der Waals surface area contributed by atoms with Crippen LogP contribution in [0.2, 0.25) is 0 Å². The van der Waals surface area contributed by atoms with Gasteiger partial charge >= 0.3 is 13.7 Å². The minimum Gasteiger partial charge on any atom is -0.468 e. The summed E-state index contributed by atoms with van der Waals surface area (Å²) in [5.74, 6) is -1.15. The number of benzene rings is 1. The van der Waals surface area contributed by atoms with Crippen molar-refractivity contribution in [2.45, 2.75) is 31.5 Å². The summed E-state index contributed by atoms with van der Waals surface area (Å²) in [7, 11) is -2.92. The quantitative estimate of drug-likeness (QED) is 0.161. The Morgan fingerprint density at radius 2 is 2.14 bits per heavy atom. The largest absolute Gasteiger partial charge is 0.468 e. The second kappa shape index (κ2) is 10.8. The molecule has 1 aromatic carbocycles. The molecule has 1 fully saturated rings. The number of H-pyrrole nitrogens is 1. The van der Waals surface area contributed by atoms with Crippen molar-refractivity contribution in [2.75, 3.05) is 19.5 Å². The maximum absolute atomic E-state index is 13.7. The number of carbonyl (C=O) groups excluding carboxylic acids is 1. The molecule has 1 aliphatic carbocycles. The molecule has 0 saturated heterocycles. The van der Waals surface area contributed by atoms with Crippen LogP contribution in [0.3, 0.4) is 0 Å². The van der Waals surface area contributed by atoms with Crippen molar-refractivity contribution < 1.29 is 28.3 Å². The van der Waals surface area contributed by atoms with Gasteiger partial charge in [-0.3, -0.25) is 19.1 Å². The average molecular weight is 597 g/mol. The average Bonchev–Trinajstić information content (AvgIpc) is 3.38. The minimum atomic E-state index is -4.13. The lowest BCUT2D eigenvalue weighted by molar-refractivity contribution is -0.142. The van der Waals surface area contributed by atoms with Crippen LogP contribution in [0, 0.1) is 5.92 Å². The number of aromatic nitrogens is 4. The zero-order chi connectivity index (χ0) is 26.9. The maximum Gasteiger partial charge on any atom is 0.459 e. The first-order chi connectivity index (χ1) is 17.5. The monoisotopic (exact) mass is 596 g/mol. The molecule has 0 spiro atoms. The van der Waals surface area contributed by atoms with Gasteiger partial charge in [-0.05, 0) is 43.2 Å². The third kappa shape index (κ3) is 5.78. The van der Waals surface area contributed by atoms with Crippen LogP contribution < -0.4 is 20.9 Å². The topological polar surface area (TPSA) is 184 Å². The van der Waals surface area contributed by atoms with Gasteiger partial charge in [-0.25, -0.2) is 9.55 Å². The smallest absolute Gasteiger partial charge is 0.459 e. The molecule has 0 bridgehead atoms. The van der Waals surface area contributed by atoms with E-state index in [0.717, 1.165) is 4.47 Å². The fraction of sp³-hybridized carbons (Fsp3) is 0.364. The van der Waals surface area contributed by atoms with Gasteiger partial charge in [0.1, 0.15) is 11.8 Å². The Morgan fingerprint density at radius 1 is 1.43 bits per heavy atom. The lowest BCUT2D eigenvalue weighted by atomic mass is 10.0. The number of rotatable bonds is 9. The predicted octanol–water partition coefficient (Wildman–Crippen LogP) is 2.30. The van der Waals surface area contributed by atoms with Crippen molar-refractivity contribution in [1.82, 2.24) is 24.6 Å². The summed E-state index contributed by atoms with van der Waals surface area (Å²) in [6.07, 6.45) is 0.726. The molecule has 1 aliphatic rings. The van der Waals surface area contributed by atoms with Gasteiger partial charge in [-0.1, -0.05) is 22.5 Å². The molecule has 1 unspecified atom stereocenters. The van der Waals surface area contributed by atoms with Gasteiger partial charge in [0.15, 0.2) is 11.2 Å². The Kier molecular flexibility index (Phi) is 7.85. The van der Waals surface area contributed by atoms with Crippen molar-refractivity contribution in [1.29, 1.82) is 0 Å². The maximum atomic E-state index is 13.7. The first-order valence-electron chi connectivity index (χ1n) is 11.2. The summed E-state index contributed by atoms with van der Waals surface area (Å²) in [5, 5.41) is 13.4. The number of aliphatic hydroxyl groups is 1. The molecule has 3 aromatic rings. The zero-order valence-electron chi connectivity index (χ0n) is 20.0. The van der Waals surface area contributed by atoms with Crippen molar-refractivity contribution >= 4 is 46.8 Å². The summed E-state index contributed by atoms with van der Waals surface area (Å²) in [6, 6.07) is 5.05. The van der Waals surface area contributed by atoms with Crippen LogP contribution in [0.1, 0.15) is 19.4 Å². The summed E-state index contributed by atoms with van der Waals surface area (Å²) in [5.41, 5.74) is 6.10. The van der Waals surface area contributed by atoms with Gasteiger partial charge in [0.2, 0.25) is 5.95 Å². The molecule has 198 valence electrons. The molecule has 5 atom stereocenters. The van der Waals surface area contributed by atoms with E-state index in [1.165, 1.54) is 20.4 Å². The highest BCUT2D eigenvalue weighted by Gasteiger charge is 2.41. The fourth-order valence-corrected chi connectivity index (χ4v) is 5.87. The van der Waals surface area contributed by atoms with E-state index in [0.29, 0.717) is 5.57 Å². The van der Waals surface area contributed by atoms with E-state index < -0.39 is 43.4 Å². The van der Waals surface area contributed by atoms with Crippen molar-refractivity contribution in [2.24, 2.45) is 5.92 Å². The Labute approximate surface area is 219 Å². The van der Waals surface area contributed by atoms with Crippen molar-refractivity contribution in [3.8, 4) is 5.75 Å². The number of aromatic amines is 1. The molecule has 2 heterocycles. The van der Waals surface area contributed by atoms with E-state index in [1.807, 2.05) is 0 Å². The molecule has 1 saturated carbocycles. The van der Waals surface area contributed by atoms with Crippen LogP contribution in [0.15, 0.2) is 52.0 Å². The van der Waals surface area contributed by atoms with E-state index >= 15 is 0 Å². The molecule has 0 radical (unpaired) electrons. The van der Waals surface area contributed by atoms with Crippen molar-refractivity contribution in [3.63, 3.8) is 0 Å². The first kappa shape index (κ1) is 27.0. The number of nitrogens with one attached hydrogen (secondary N) is 2. The van der Waals surface area contributed by atoms with E-state index in [1.54, 1.807) is 28.8 Å². The van der Waals surface area contributed by atoms with Crippen molar-refractivity contribution in [3.05, 3.63) is 57.6 Å². The van der Waals surface area contributed by atoms with Gasteiger partial charge in [-0.15, -0.1) is 0 Å². The molecular formula is C22H26BrN6O7P. The molecule has 5 N–H and O–H groups in total. The summed E-state index contributed by atoms with van der Waals surface area (Å²) >= 11 is 3.32. The number of esters is 1. The number of ether oxygens (including phenoxy) is 1. The normalized spacial score (nSPS) is 22.1. The number of imidazole rings is 1. The number of nitrogen functional groups attached to an aromatic ring is 1. The molecule has 13 nitrogen and oxygen atoms in total. The van der Waals surface area contributed by atoms with Gasteiger partial charge in [0.05, 0.1) is 32.2 Å². The molecule has 37 heavy (non-hydrogen) atoms. The summed E-state index contributed by atoms with van der Waals surface area (Å²) in [4.78, 5) is 34.8. The number of methoxy groups -OCH3 is 1. The number of nitrogens with zero attached hydrogens (tertiary/aromatic N) is 3. The number of fused-ring (bicyclic) bond motifs is 1. The van der Waals surface area contributed by atoms with Crippen LogP contribution in [-0.2, 0) is 18.6 Å². The molecule has 2 aromatic heterocycles. The van der Waals surface area contributed by atoms with Gasteiger partial charge in [0.25, 0.3) is 5.56 Å². The lowest BCUT2D eigenvalue weighted by Gasteiger charge is -2.25. The standard InChI is InChI=1S/C22H26BrN6O7P/c1-11-15(17(30)8-16(11)29-10-25-18-19(29)26-22(24)27-20(18)31)9-35-37(33,28-12(2)21(32)34-3)36-14-6-4-13(23)5-7-14/h4-7,10,12,15-17,30H,1,8-9H2,2-3H3,(H,28,33)(H3,24,26,27,31)/t12?,15-,16-,17-,37-/m0/s1. The molecule has 0 amide bonds. The highest BCUT2D eigenvalue weighted by molar-refractivity contribution is 9.10. The number of nitrogens with two attached hydrogens (primary N) is 1. The minimum absolute atomic E-state index is 0.0693. The van der Waals surface area contributed by atoms with E-state index in [9.17, 15) is 19.3 Å². The molecule has 15 heteroatoms. The Balaban J connectivity index is 1.55. The number of aliphatic hydroxyl groups excluding tert-OH is 1. The van der Waals surface area contributed by atoms with Crippen LogP contribution in [0.5, 0.6) is 5.75 Å². The highest BCUT2D eigenvalue weighted by atomic mass is 79.9.